The van der Waals surface area contributed by atoms with E-state index in [0.717, 1.165) is 41.5 Å². The van der Waals surface area contributed by atoms with Crippen molar-refractivity contribution in [1.82, 2.24) is 9.97 Å². The number of nitrogens with two attached hydrogens (primary N) is 1. The van der Waals surface area contributed by atoms with E-state index < -0.39 is 17.7 Å². The number of aryl methyl sites for hydroxylation is 1. The standard InChI is InChI=1S/C25H30N4O4S/c1-14-19(28-24(31)32-17-8-6-5-7-9-17)11-16(13-27-14)15-10-18(26)21-20(12-15)34-22(29-21)23(30)33-25(2,3)4/h10-13,17H,5-9,26H2,1-4H3,(H,28,31). The number of ether oxygens (including phenoxy) is 2. The summed E-state index contributed by atoms with van der Waals surface area (Å²) in [6.07, 6.45) is 6.42. The van der Waals surface area contributed by atoms with E-state index in [0.29, 0.717) is 22.6 Å². The molecule has 0 bridgehead atoms. The minimum absolute atomic E-state index is 0.0297. The van der Waals surface area contributed by atoms with Gasteiger partial charge in [-0.1, -0.05) is 6.42 Å². The highest BCUT2D eigenvalue weighted by Crippen LogP contribution is 2.34. The highest BCUT2D eigenvalue weighted by molar-refractivity contribution is 7.20. The van der Waals surface area contributed by atoms with Gasteiger partial charge < -0.3 is 15.2 Å². The quantitative estimate of drug-likeness (QED) is 0.341. The van der Waals surface area contributed by atoms with Gasteiger partial charge in [-0.05, 0) is 77.1 Å². The predicted molar refractivity (Wildman–Crippen MR) is 134 cm³/mol. The second kappa shape index (κ2) is 9.58. The molecule has 4 rings (SSSR count). The Morgan fingerprint density at radius 2 is 1.85 bits per heavy atom. The summed E-state index contributed by atoms with van der Waals surface area (Å²) < 4.78 is 11.8. The fourth-order valence-corrected chi connectivity index (χ4v) is 4.84. The van der Waals surface area contributed by atoms with Gasteiger partial charge in [-0.2, -0.15) is 0 Å². The number of nitrogens with one attached hydrogen (secondary N) is 1. The first-order valence-corrected chi connectivity index (χ1v) is 12.3. The monoisotopic (exact) mass is 482 g/mol. The average molecular weight is 483 g/mol. The first kappa shape index (κ1) is 23.9. The van der Waals surface area contributed by atoms with Gasteiger partial charge in [-0.3, -0.25) is 10.3 Å². The molecule has 2 aromatic heterocycles. The van der Waals surface area contributed by atoms with Gasteiger partial charge in [-0.15, -0.1) is 11.3 Å². The number of pyridine rings is 1. The molecule has 2 heterocycles. The van der Waals surface area contributed by atoms with Crippen LogP contribution in [0.15, 0.2) is 24.4 Å². The topological polar surface area (TPSA) is 116 Å². The molecular weight excluding hydrogens is 452 g/mol. The number of aromatic nitrogens is 2. The summed E-state index contributed by atoms with van der Waals surface area (Å²) in [7, 11) is 0. The highest BCUT2D eigenvalue weighted by Gasteiger charge is 2.22. The molecule has 0 saturated heterocycles. The van der Waals surface area contributed by atoms with E-state index in [9.17, 15) is 9.59 Å². The van der Waals surface area contributed by atoms with Gasteiger partial charge in [0.2, 0.25) is 5.01 Å². The minimum atomic E-state index is -0.610. The van der Waals surface area contributed by atoms with Crippen molar-refractivity contribution < 1.29 is 19.1 Å². The number of fused-ring (bicyclic) bond motifs is 1. The number of benzene rings is 1. The number of hydrogen-bond donors (Lipinski definition) is 2. The summed E-state index contributed by atoms with van der Waals surface area (Å²) in [5.41, 5.74) is 9.51. The number of amides is 1. The minimum Gasteiger partial charge on any atom is -0.455 e. The molecule has 3 N–H and O–H groups in total. The Kier molecular flexibility index (Phi) is 6.74. The molecular formula is C25H30N4O4S. The Morgan fingerprint density at radius 3 is 2.56 bits per heavy atom. The fourth-order valence-electron chi connectivity index (χ4n) is 3.92. The predicted octanol–water partition coefficient (Wildman–Crippen LogP) is 6.09. The van der Waals surface area contributed by atoms with Gasteiger partial charge >= 0.3 is 12.1 Å². The third-order valence-electron chi connectivity index (χ3n) is 5.58. The Bertz CT molecular complexity index is 1230. The summed E-state index contributed by atoms with van der Waals surface area (Å²) >= 11 is 1.23. The van der Waals surface area contributed by atoms with Gasteiger partial charge in [0.15, 0.2) is 0 Å². The van der Waals surface area contributed by atoms with Crippen LogP contribution in [0.4, 0.5) is 16.2 Å². The molecule has 0 aliphatic heterocycles. The van der Waals surface area contributed by atoms with Crippen LogP contribution in [0.1, 0.15) is 68.4 Å². The lowest BCUT2D eigenvalue weighted by Gasteiger charge is -2.22. The molecule has 0 spiro atoms. The third-order valence-corrected chi connectivity index (χ3v) is 6.56. The van der Waals surface area contributed by atoms with Crippen LogP contribution in [0.3, 0.4) is 0 Å². The summed E-state index contributed by atoms with van der Waals surface area (Å²) in [4.78, 5) is 33.7. The van der Waals surface area contributed by atoms with Gasteiger partial charge in [0.1, 0.15) is 17.2 Å². The zero-order valence-electron chi connectivity index (χ0n) is 19.9. The molecule has 9 heteroatoms. The molecule has 1 fully saturated rings. The van der Waals surface area contributed by atoms with E-state index >= 15 is 0 Å². The first-order chi connectivity index (χ1) is 16.1. The van der Waals surface area contributed by atoms with E-state index in [1.165, 1.54) is 17.8 Å². The average Bonchev–Trinajstić information content (AvgIpc) is 3.20. The maximum atomic E-state index is 12.4. The molecule has 1 aliphatic rings. The Morgan fingerprint density at radius 1 is 1.12 bits per heavy atom. The van der Waals surface area contributed by atoms with Crippen LogP contribution in [0, 0.1) is 6.92 Å². The number of rotatable bonds is 4. The van der Waals surface area contributed by atoms with Crippen molar-refractivity contribution >= 4 is 45.0 Å². The van der Waals surface area contributed by atoms with E-state index in [4.69, 9.17) is 15.2 Å². The normalized spacial score (nSPS) is 14.7. The molecule has 3 aromatic rings. The van der Waals surface area contributed by atoms with Crippen molar-refractivity contribution in [3.8, 4) is 11.1 Å². The summed E-state index contributed by atoms with van der Waals surface area (Å²) in [6.45, 7) is 7.26. The molecule has 8 nitrogen and oxygen atoms in total. The van der Waals surface area contributed by atoms with Crippen molar-refractivity contribution in [3.63, 3.8) is 0 Å². The van der Waals surface area contributed by atoms with Crippen molar-refractivity contribution in [2.24, 2.45) is 0 Å². The first-order valence-electron chi connectivity index (χ1n) is 11.5. The van der Waals surface area contributed by atoms with E-state index in [1.54, 1.807) is 12.3 Å². The zero-order chi connectivity index (χ0) is 24.5. The van der Waals surface area contributed by atoms with Crippen molar-refractivity contribution in [1.29, 1.82) is 0 Å². The molecule has 0 unspecified atom stereocenters. The molecule has 1 amide bonds. The Labute approximate surface area is 202 Å². The second-order valence-corrected chi connectivity index (χ2v) is 10.6. The maximum Gasteiger partial charge on any atom is 0.411 e. The lowest BCUT2D eigenvalue weighted by molar-refractivity contribution is 0.00693. The van der Waals surface area contributed by atoms with Crippen LogP contribution in [0.5, 0.6) is 0 Å². The number of nitrogen functional groups attached to an aromatic ring is 1. The smallest absolute Gasteiger partial charge is 0.411 e. The number of hydrogen-bond acceptors (Lipinski definition) is 8. The highest BCUT2D eigenvalue weighted by atomic mass is 32.1. The van der Waals surface area contributed by atoms with E-state index in [-0.39, 0.29) is 11.1 Å². The summed E-state index contributed by atoms with van der Waals surface area (Å²) in [6, 6.07) is 5.55. The number of nitrogens with zero attached hydrogens (tertiary/aromatic N) is 2. The molecule has 1 saturated carbocycles. The Balaban J connectivity index is 1.57. The van der Waals surface area contributed by atoms with Crippen LogP contribution in [-0.2, 0) is 9.47 Å². The molecule has 1 aromatic carbocycles. The van der Waals surface area contributed by atoms with Gasteiger partial charge in [0.25, 0.3) is 0 Å². The summed E-state index contributed by atoms with van der Waals surface area (Å²) in [5, 5.41) is 3.09. The largest absolute Gasteiger partial charge is 0.455 e. The van der Waals surface area contributed by atoms with Crippen molar-refractivity contribution in [2.75, 3.05) is 11.1 Å². The van der Waals surface area contributed by atoms with Crippen molar-refractivity contribution in [3.05, 3.63) is 35.1 Å². The zero-order valence-corrected chi connectivity index (χ0v) is 20.8. The second-order valence-electron chi connectivity index (χ2n) is 9.58. The lowest BCUT2D eigenvalue weighted by atomic mass is 9.98. The number of carbonyl (C=O) groups is 2. The number of esters is 1. The van der Waals surface area contributed by atoms with Crippen LogP contribution in [0.2, 0.25) is 0 Å². The maximum absolute atomic E-state index is 12.4. The molecule has 0 radical (unpaired) electrons. The fraction of sp³-hybridized carbons (Fsp3) is 0.440. The number of thiazole rings is 1. The molecule has 180 valence electrons. The van der Waals surface area contributed by atoms with Crippen LogP contribution >= 0.6 is 11.3 Å². The van der Waals surface area contributed by atoms with Crippen LogP contribution in [-0.4, -0.2) is 33.7 Å². The van der Waals surface area contributed by atoms with Gasteiger partial charge in [0.05, 0.1) is 21.8 Å². The van der Waals surface area contributed by atoms with Crippen molar-refractivity contribution in [2.45, 2.75) is 71.5 Å². The number of carbonyl (C=O) groups excluding carboxylic acids is 2. The van der Waals surface area contributed by atoms with Crippen LogP contribution in [0.25, 0.3) is 21.3 Å². The van der Waals surface area contributed by atoms with Crippen LogP contribution < -0.4 is 11.1 Å². The third kappa shape index (κ3) is 5.64. The lowest BCUT2D eigenvalue weighted by Crippen LogP contribution is -2.24. The molecule has 0 atom stereocenters. The molecule has 34 heavy (non-hydrogen) atoms. The van der Waals surface area contributed by atoms with Gasteiger partial charge in [-0.25, -0.2) is 14.6 Å². The number of anilines is 2. The SMILES string of the molecule is Cc1ncc(-c2cc(N)c3nc(C(=O)OC(C)(C)C)sc3c2)cc1NC(=O)OC1CCCCC1. The van der Waals surface area contributed by atoms with Gasteiger partial charge in [0, 0.05) is 11.8 Å². The Hall–Kier alpha value is -3.20. The van der Waals surface area contributed by atoms with E-state index in [2.05, 4.69) is 15.3 Å². The summed E-state index contributed by atoms with van der Waals surface area (Å²) in [5.74, 6) is -0.477. The molecule has 1 aliphatic carbocycles. The van der Waals surface area contributed by atoms with E-state index in [1.807, 2.05) is 39.8 Å².